The minimum absolute atomic E-state index is 0.314. The van der Waals surface area contributed by atoms with Gasteiger partial charge in [0.2, 0.25) is 5.91 Å². The van der Waals surface area contributed by atoms with Gasteiger partial charge in [-0.25, -0.2) is 4.39 Å². The maximum absolute atomic E-state index is 13.2. The molecule has 0 radical (unpaired) electrons. The van der Waals surface area contributed by atoms with E-state index in [1.807, 2.05) is 22.6 Å². The van der Waals surface area contributed by atoms with Gasteiger partial charge in [0, 0.05) is 0 Å². The minimum Gasteiger partial charge on any atom is -0.411 e. The van der Waals surface area contributed by atoms with Crippen LogP contribution in [0.25, 0.3) is 0 Å². The molecule has 0 aromatic heterocycles. The van der Waals surface area contributed by atoms with Gasteiger partial charge in [0.25, 0.3) is 0 Å². The Hall–Kier alpha value is -1.18. The fraction of sp³-hybridized carbons (Fsp3) is 0.111. The number of benzene rings is 1. The lowest BCUT2D eigenvalue weighted by molar-refractivity contribution is -0.115. The molecular weight excluding hydrogens is 314 g/mol. The first-order valence-electron chi connectivity index (χ1n) is 4.11. The number of carbonyl (C=O) groups is 1. The highest BCUT2D eigenvalue weighted by Crippen LogP contribution is 2.36. The van der Waals surface area contributed by atoms with E-state index in [1.165, 1.54) is 12.1 Å². The first kappa shape index (κ1) is 10.3. The van der Waals surface area contributed by atoms with E-state index in [-0.39, 0.29) is 11.7 Å². The maximum atomic E-state index is 13.2. The SMILES string of the molecule is O=C1Nc2c(ccc(F)c2I)C1C=NO. The highest BCUT2D eigenvalue weighted by molar-refractivity contribution is 14.1. The normalized spacial score (nSPS) is 19.3. The van der Waals surface area contributed by atoms with Crippen LogP contribution in [0.3, 0.4) is 0 Å². The van der Waals surface area contributed by atoms with Crippen LogP contribution < -0.4 is 5.32 Å². The number of oxime groups is 1. The van der Waals surface area contributed by atoms with Crippen LogP contribution in [0, 0.1) is 9.39 Å². The molecule has 0 saturated heterocycles. The molecule has 0 aliphatic carbocycles. The number of nitrogens with zero attached hydrogens (tertiary/aromatic N) is 1. The van der Waals surface area contributed by atoms with E-state index in [4.69, 9.17) is 5.21 Å². The number of amides is 1. The molecule has 1 aromatic rings. The Balaban J connectivity index is 2.56. The number of halogens is 2. The van der Waals surface area contributed by atoms with E-state index >= 15 is 0 Å². The van der Waals surface area contributed by atoms with Crippen molar-refractivity contribution in [1.29, 1.82) is 0 Å². The van der Waals surface area contributed by atoms with Crippen molar-refractivity contribution in [2.45, 2.75) is 5.92 Å². The Morgan fingerprint density at radius 1 is 1.60 bits per heavy atom. The molecule has 2 N–H and O–H groups in total. The van der Waals surface area contributed by atoms with Crippen LogP contribution in [0.4, 0.5) is 10.1 Å². The summed E-state index contributed by atoms with van der Waals surface area (Å²) in [6.07, 6.45) is 1.12. The lowest BCUT2D eigenvalue weighted by Gasteiger charge is -2.03. The zero-order chi connectivity index (χ0) is 11.0. The summed E-state index contributed by atoms with van der Waals surface area (Å²) >= 11 is 1.82. The van der Waals surface area contributed by atoms with Gasteiger partial charge in [0.05, 0.1) is 15.5 Å². The van der Waals surface area contributed by atoms with Gasteiger partial charge in [-0.3, -0.25) is 4.79 Å². The van der Waals surface area contributed by atoms with E-state index in [2.05, 4.69) is 10.5 Å². The largest absolute Gasteiger partial charge is 0.411 e. The van der Waals surface area contributed by atoms with Crippen molar-refractivity contribution in [3.63, 3.8) is 0 Å². The third-order valence-electron chi connectivity index (χ3n) is 2.21. The Morgan fingerprint density at radius 2 is 2.33 bits per heavy atom. The van der Waals surface area contributed by atoms with E-state index in [9.17, 15) is 9.18 Å². The number of anilines is 1. The van der Waals surface area contributed by atoms with Crippen molar-refractivity contribution < 1.29 is 14.4 Å². The van der Waals surface area contributed by atoms with Crippen LogP contribution in [-0.2, 0) is 4.79 Å². The summed E-state index contributed by atoms with van der Waals surface area (Å²) < 4.78 is 13.5. The van der Waals surface area contributed by atoms with Crippen molar-refractivity contribution in [3.8, 4) is 0 Å². The number of fused-ring (bicyclic) bond motifs is 1. The summed E-state index contributed by atoms with van der Waals surface area (Å²) in [4.78, 5) is 11.4. The number of carbonyl (C=O) groups excluding carboxylic acids is 1. The Kier molecular flexibility index (Phi) is 2.59. The topological polar surface area (TPSA) is 61.7 Å². The van der Waals surface area contributed by atoms with Crippen LogP contribution in [0.15, 0.2) is 17.3 Å². The summed E-state index contributed by atoms with van der Waals surface area (Å²) in [7, 11) is 0. The molecule has 0 spiro atoms. The van der Waals surface area contributed by atoms with E-state index in [0.717, 1.165) is 6.21 Å². The highest BCUT2D eigenvalue weighted by Gasteiger charge is 2.31. The van der Waals surface area contributed by atoms with Gasteiger partial charge in [-0.05, 0) is 34.2 Å². The minimum atomic E-state index is -0.640. The standard InChI is InChI=1S/C9H6FIN2O2/c10-6-2-1-4-5(3-12-15)9(14)13-8(4)7(6)11/h1-3,5,15H,(H,13,14). The lowest BCUT2D eigenvalue weighted by Crippen LogP contribution is -2.12. The third kappa shape index (κ3) is 1.58. The molecule has 15 heavy (non-hydrogen) atoms. The van der Waals surface area contributed by atoms with Gasteiger partial charge in [0.15, 0.2) is 0 Å². The van der Waals surface area contributed by atoms with Crippen molar-refractivity contribution in [1.82, 2.24) is 0 Å². The molecule has 0 fully saturated rings. The van der Waals surface area contributed by atoms with Gasteiger partial charge in [-0.1, -0.05) is 6.07 Å². The summed E-state index contributed by atoms with van der Waals surface area (Å²) in [5.41, 5.74) is 1.09. The van der Waals surface area contributed by atoms with Crippen LogP contribution in [0.1, 0.15) is 11.5 Å². The third-order valence-corrected chi connectivity index (χ3v) is 3.26. The molecule has 1 aromatic carbocycles. The molecule has 1 unspecified atom stereocenters. The van der Waals surface area contributed by atoms with Gasteiger partial charge in [0.1, 0.15) is 11.7 Å². The molecule has 78 valence electrons. The zero-order valence-electron chi connectivity index (χ0n) is 7.37. The fourth-order valence-electron chi connectivity index (χ4n) is 1.51. The first-order valence-corrected chi connectivity index (χ1v) is 5.19. The van der Waals surface area contributed by atoms with Crippen LogP contribution in [0.5, 0.6) is 0 Å². The predicted octanol–water partition coefficient (Wildman–Crippen LogP) is 1.93. The lowest BCUT2D eigenvalue weighted by atomic mass is 10.0. The maximum Gasteiger partial charge on any atom is 0.237 e. The fourth-order valence-corrected chi connectivity index (χ4v) is 2.13. The number of nitrogens with one attached hydrogen (secondary N) is 1. The number of hydrogen-bond donors (Lipinski definition) is 2. The molecule has 1 atom stereocenters. The average Bonchev–Trinajstić information content (AvgIpc) is 2.52. The van der Waals surface area contributed by atoms with Crippen molar-refractivity contribution in [2.75, 3.05) is 5.32 Å². The molecule has 1 amide bonds. The second-order valence-electron chi connectivity index (χ2n) is 3.06. The van der Waals surface area contributed by atoms with Gasteiger partial charge in [-0.2, -0.15) is 0 Å². The van der Waals surface area contributed by atoms with Crippen molar-refractivity contribution >= 4 is 40.4 Å². The smallest absolute Gasteiger partial charge is 0.237 e. The van der Waals surface area contributed by atoms with Crippen molar-refractivity contribution in [3.05, 3.63) is 27.1 Å². The van der Waals surface area contributed by atoms with E-state index in [1.54, 1.807) is 0 Å². The molecule has 1 heterocycles. The number of hydrogen-bond acceptors (Lipinski definition) is 3. The average molecular weight is 320 g/mol. The van der Waals surface area contributed by atoms with Crippen molar-refractivity contribution in [2.24, 2.45) is 5.16 Å². The van der Waals surface area contributed by atoms with Crippen LogP contribution in [-0.4, -0.2) is 17.3 Å². The summed E-state index contributed by atoms with van der Waals surface area (Å²) in [5, 5.41) is 13.8. The summed E-state index contributed by atoms with van der Waals surface area (Å²) in [6.45, 7) is 0. The quantitative estimate of drug-likeness (QED) is 0.359. The number of rotatable bonds is 1. The van der Waals surface area contributed by atoms with Crippen LogP contribution >= 0.6 is 22.6 Å². The molecule has 2 rings (SSSR count). The Morgan fingerprint density at radius 3 is 3.00 bits per heavy atom. The molecule has 4 nitrogen and oxygen atoms in total. The predicted molar refractivity (Wildman–Crippen MR) is 60.8 cm³/mol. The van der Waals surface area contributed by atoms with Gasteiger partial charge in [-0.15, -0.1) is 5.16 Å². The molecule has 6 heteroatoms. The molecule has 0 bridgehead atoms. The van der Waals surface area contributed by atoms with E-state index < -0.39 is 5.92 Å². The second kappa shape index (κ2) is 3.76. The highest BCUT2D eigenvalue weighted by atomic mass is 127. The first-order chi connectivity index (χ1) is 7.15. The molecule has 1 aliphatic heterocycles. The summed E-state index contributed by atoms with van der Waals surface area (Å²) in [5.74, 6) is -1.33. The molecule has 0 saturated carbocycles. The second-order valence-corrected chi connectivity index (χ2v) is 4.14. The molecular formula is C9H6FIN2O2. The van der Waals surface area contributed by atoms with Crippen LogP contribution in [0.2, 0.25) is 0 Å². The monoisotopic (exact) mass is 320 g/mol. The summed E-state index contributed by atoms with van der Waals surface area (Å²) in [6, 6.07) is 2.80. The Bertz CT molecular complexity index is 462. The Labute approximate surface area is 98.3 Å². The zero-order valence-corrected chi connectivity index (χ0v) is 9.53. The van der Waals surface area contributed by atoms with Gasteiger partial charge < -0.3 is 10.5 Å². The van der Waals surface area contributed by atoms with E-state index in [0.29, 0.717) is 14.8 Å². The van der Waals surface area contributed by atoms with Gasteiger partial charge >= 0.3 is 0 Å². The molecule has 1 aliphatic rings.